The molecule has 1 aromatic rings. The number of hydrogen-bond acceptors (Lipinski definition) is 4. The Morgan fingerprint density at radius 2 is 1.63 bits per heavy atom. The molecule has 0 fully saturated rings. The zero-order valence-electron chi connectivity index (χ0n) is 11.8. The lowest BCUT2D eigenvalue weighted by Gasteiger charge is -2.20. The molecule has 0 saturated heterocycles. The van der Waals surface area contributed by atoms with Crippen LogP contribution in [0.2, 0.25) is 0 Å². The summed E-state index contributed by atoms with van der Waals surface area (Å²) in [4.78, 5) is 9.72. The molecule has 0 heterocycles. The second kappa shape index (κ2) is 6.63. The van der Waals surface area contributed by atoms with Crippen LogP contribution in [0.3, 0.4) is 0 Å². The van der Waals surface area contributed by atoms with Crippen molar-refractivity contribution < 1.29 is 13.3 Å². The maximum atomic E-state index is 12.0. The highest BCUT2D eigenvalue weighted by molar-refractivity contribution is 7.89. The van der Waals surface area contributed by atoms with E-state index in [4.69, 9.17) is 0 Å². The van der Waals surface area contributed by atoms with Crippen LogP contribution < -0.4 is 4.72 Å². The maximum absolute atomic E-state index is 12.0. The van der Waals surface area contributed by atoms with Gasteiger partial charge in [-0.25, -0.2) is 13.1 Å². The Bertz CT molecular complexity index is 533. The molecular weight excluding hydrogens is 268 g/mol. The highest BCUT2D eigenvalue weighted by atomic mass is 32.2. The van der Waals surface area contributed by atoms with E-state index in [0.29, 0.717) is 0 Å². The fourth-order valence-electron chi connectivity index (χ4n) is 1.29. The van der Waals surface area contributed by atoms with Gasteiger partial charge in [0.25, 0.3) is 5.69 Å². The summed E-state index contributed by atoms with van der Waals surface area (Å²) in [5.74, 6) is 0. The van der Waals surface area contributed by atoms with Gasteiger partial charge in [-0.1, -0.05) is 26.0 Å². The number of benzene rings is 1. The predicted molar refractivity (Wildman–Crippen MR) is 74.5 cm³/mol. The standard InChI is InChI=1S/C10H14N2O4S.C2H6/c1-10(2,3)11-17(15,16)9-7-5-4-6-8(9)12(13)14;1-2/h4-7,11H,1-3H3;1-2H3. The molecule has 1 aromatic carbocycles. The largest absolute Gasteiger partial charge is 0.289 e. The SMILES string of the molecule is CC.CC(C)(C)NS(=O)(=O)c1ccccc1[N+](=O)[O-]. The number of para-hydroxylation sites is 1. The molecule has 19 heavy (non-hydrogen) atoms. The molecule has 7 heteroatoms. The van der Waals surface area contributed by atoms with E-state index in [1.807, 2.05) is 13.8 Å². The first-order chi connectivity index (χ1) is 8.63. The van der Waals surface area contributed by atoms with Gasteiger partial charge in [-0.05, 0) is 26.8 Å². The summed E-state index contributed by atoms with van der Waals surface area (Å²) < 4.78 is 26.3. The average Bonchev–Trinajstić information content (AvgIpc) is 2.28. The smallest absolute Gasteiger partial charge is 0.258 e. The van der Waals surface area contributed by atoms with Gasteiger partial charge in [0, 0.05) is 11.6 Å². The second-order valence-electron chi connectivity index (χ2n) is 4.58. The topological polar surface area (TPSA) is 89.3 Å². The Labute approximate surface area is 114 Å². The van der Waals surface area contributed by atoms with Gasteiger partial charge in [0.2, 0.25) is 10.0 Å². The van der Waals surface area contributed by atoms with E-state index in [1.54, 1.807) is 20.8 Å². The first kappa shape index (κ1) is 17.5. The Morgan fingerprint density at radius 3 is 2.05 bits per heavy atom. The Kier molecular flexibility index (Phi) is 6.11. The molecule has 0 spiro atoms. The van der Waals surface area contributed by atoms with Crippen molar-refractivity contribution in [2.45, 2.75) is 45.1 Å². The van der Waals surface area contributed by atoms with Gasteiger partial charge < -0.3 is 0 Å². The van der Waals surface area contributed by atoms with Crippen molar-refractivity contribution in [3.8, 4) is 0 Å². The number of hydrogen-bond donors (Lipinski definition) is 1. The van der Waals surface area contributed by atoms with E-state index in [2.05, 4.69) is 4.72 Å². The molecule has 0 radical (unpaired) electrons. The summed E-state index contributed by atoms with van der Waals surface area (Å²) in [6.07, 6.45) is 0. The van der Waals surface area contributed by atoms with Crippen molar-refractivity contribution in [2.75, 3.05) is 0 Å². The summed E-state index contributed by atoms with van der Waals surface area (Å²) in [5.41, 5.74) is -1.12. The first-order valence-corrected chi connectivity index (χ1v) is 7.39. The number of rotatable bonds is 3. The monoisotopic (exact) mass is 288 g/mol. The summed E-state index contributed by atoms with van der Waals surface area (Å²) in [7, 11) is -3.89. The van der Waals surface area contributed by atoms with Crippen LogP contribution in [-0.2, 0) is 10.0 Å². The van der Waals surface area contributed by atoms with E-state index in [0.717, 1.165) is 6.07 Å². The van der Waals surface area contributed by atoms with Crippen LogP contribution in [0.4, 0.5) is 5.69 Å². The Morgan fingerprint density at radius 1 is 1.16 bits per heavy atom. The van der Waals surface area contributed by atoms with Crippen LogP contribution in [0, 0.1) is 10.1 Å². The van der Waals surface area contributed by atoms with Crippen molar-refractivity contribution in [2.24, 2.45) is 0 Å². The van der Waals surface area contributed by atoms with Crippen LogP contribution in [0.5, 0.6) is 0 Å². The van der Waals surface area contributed by atoms with Crippen LogP contribution in [0.25, 0.3) is 0 Å². The number of nitrogens with zero attached hydrogens (tertiary/aromatic N) is 1. The fourth-order valence-corrected chi connectivity index (χ4v) is 2.89. The molecule has 0 aliphatic carbocycles. The maximum Gasteiger partial charge on any atom is 0.289 e. The van der Waals surface area contributed by atoms with Crippen LogP contribution >= 0.6 is 0 Å². The molecule has 1 rings (SSSR count). The molecule has 0 atom stereocenters. The summed E-state index contributed by atoms with van der Waals surface area (Å²) in [6.45, 7) is 9.00. The van der Waals surface area contributed by atoms with Gasteiger partial charge in [0.15, 0.2) is 4.90 Å². The Balaban J connectivity index is 0.00000154. The van der Waals surface area contributed by atoms with E-state index in [-0.39, 0.29) is 4.90 Å². The summed E-state index contributed by atoms with van der Waals surface area (Å²) >= 11 is 0. The van der Waals surface area contributed by atoms with Gasteiger partial charge in [0.1, 0.15) is 0 Å². The molecule has 0 unspecified atom stereocenters. The molecule has 0 amide bonds. The van der Waals surface area contributed by atoms with Gasteiger partial charge in [-0.2, -0.15) is 0 Å². The van der Waals surface area contributed by atoms with Crippen molar-refractivity contribution in [3.05, 3.63) is 34.4 Å². The molecule has 0 aliphatic heterocycles. The zero-order valence-corrected chi connectivity index (χ0v) is 12.6. The molecular formula is C12H20N2O4S. The first-order valence-electron chi connectivity index (χ1n) is 5.91. The lowest BCUT2D eigenvalue weighted by molar-refractivity contribution is -0.387. The minimum Gasteiger partial charge on any atom is -0.258 e. The van der Waals surface area contributed by atoms with Gasteiger partial charge in [0.05, 0.1) is 4.92 Å². The van der Waals surface area contributed by atoms with Crippen LogP contribution in [-0.4, -0.2) is 18.9 Å². The van der Waals surface area contributed by atoms with Crippen molar-refractivity contribution in [1.82, 2.24) is 4.72 Å². The fraction of sp³-hybridized carbons (Fsp3) is 0.500. The minimum absolute atomic E-state index is 0.320. The highest BCUT2D eigenvalue weighted by Gasteiger charge is 2.28. The molecule has 108 valence electrons. The zero-order chi connectivity index (χ0) is 15.3. The normalized spacial score (nSPS) is 11.4. The van der Waals surface area contributed by atoms with Gasteiger partial charge >= 0.3 is 0 Å². The third-order valence-corrected chi connectivity index (χ3v) is 3.60. The third-order valence-electron chi connectivity index (χ3n) is 1.79. The van der Waals surface area contributed by atoms with Crippen molar-refractivity contribution in [1.29, 1.82) is 0 Å². The lowest BCUT2D eigenvalue weighted by Crippen LogP contribution is -2.40. The van der Waals surface area contributed by atoms with Crippen molar-refractivity contribution in [3.63, 3.8) is 0 Å². The van der Waals surface area contributed by atoms with E-state index < -0.39 is 26.2 Å². The Hall–Kier alpha value is -1.47. The molecule has 0 aliphatic rings. The number of sulfonamides is 1. The number of nitrogens with one attached hydrogen (secondary N) is 1. The van der Waals surface area contributed by atoms with Crippen molar-refractivity contribution >= 4 is 15.7 Å². The van der Waals surface area contributed by atoms with E-state index in [1.165, 1.54) is 18.2 Å². The number of nitro groups is 1. The van der Waals surface area contributed by atoms with Crippen LogP contribution in [0.1, 0.15) is 34.6 Å². The summed E-state index contributed by atoms with van der Waals surface area (Å²) in [6, 6.07) is 5.25. The minimum atomic E-state index is -3.89. The number of nitro benzene ring substituents is 1. The van der Waals surface area contributed by atoms with E-state index >= 15 is 0 Å². The second-order valence-corrected chi connectivity index (χ2v) is 6.23. The van der Waals surface area contributed by atoms with Gasteiger partial charge in [-0.15, -0.1) is 0 Å². The molecule has 0 saturated carbocycles. The third kappa shape index (κ3) is 5.35. The van der Waals surface area contributed by atoms with Gasteiger partial charge in [-0.3, -0.25) is 10.1 Å². The average molecular weight is 288 g/mol. The molecule has 0 bridgehead atoms. The molecule has 1 N–H and O–H groups in total. The lowest BCUT2D eigenvalue weighted by atomic mass is 10.1. The van der Waals surface area contributed by atoms with Crippen LogP contribution in [0.15, 0.2) is 29.2 Å². The predicted octanol–water partition coefficient (Wildman–Crippen LogP) is 2.70. The molecule has 0 aromatic heterocycles. The molecule has 6 nitrogen and oxygen atoms in total. The quantitative estimate of drug-likeness (QED) is 0.684. The van der Waals surface area contributed by atoms with E-state index in [9.17, 15) is 18.5 Å². The highest BCUT2D eigenvalue weighted by Crippen LogP contribution is 2.23. The summed E-state index contributed by atoms with van der Waals surface area (Å²) in [5, 5.41) is 10.7.